The first-order chi connectivity index (χ1) is 15.3. The summed E-state index contributed by atoms with van der Waals surface area (Å²) in [6.45, 7) is 2.41. The van der Waals surface area contributed by atoms with Crippen molar-refractivity contribution in [2.45, 2.75) is 44.4 Å². The Labute approximate surface area is 184 Å². The third-order valence-corrected chi connectivity index (χ3v) is 5.32. The van der Waals surface area contributed by atoms with E-state index in [4.69, 9.17) is 4.74 Å². The average Bonchev–Trinajstić information content (AvgIpc) is 2.72. The average molecular weight is 448 g/mol. The van der Waals surface area contributed by atoms with Gasteiger partial charge in [-0.15, -0.1) is 0 Å². The third kappa shape index (κ3) is 6.14. The minimum Gasteiger partial charge on any atom is -0.389 e. The Balaban J connectivity index is 0.000000222. The number of aliphatic hydroxyl groups excluding tert-OH is 1. The number of anilines is 1. The van der Waals surface area contributed by atoms with Crippen LogP contribution < -0.4 is 5.32 Å². The lowest BCUT2D eigenvalue weighted by atomic mass is 9.80. The molecule has 32 heavy (non-hydrogen) atoms. The summed E-state index contributed by atoms with van der Waals surface area (Å²) < 4.78 is 40.7. The van der Waals surface area contributed by atoms with Crippen molar-refractivity contribution in [1.82, 2.24) is 15.0 Å². The van der Waals surface area contributed by atoms with E-state index in [2.05, 4.69) is 20.3 Å². The maximum atomic E-state index is 11.9. The molecule has 0 bridgehead atoms. The number of benzene rings is 1. The Kier molecular flexibility index (Phi) is 7.98. The topological polar surface area (TPSA) is 80.2 Å². The molecule has 0 radical (unpaired) electrons. The lowest BCUT2D eigenvalue weighted by molar-refractivity contribution is -0.137. The lowest BCUT2D eigenvalue weighted by Crippen LogP contribution is -2.24. The number of nitrogens with one attached hydrogen (secondary N) is 1. The highest BCUT2D eigenvalue weighted by Gasteiger charge is 2.29. The van der Waals surface area contributed by atoms with Crippen molar-refractivity contribution < 1.29 is 23.0 Å². The van der Waals surface area contributed by atoms with E-state index in [1.54, 1.807) is 26.4 Å². The summed E-state index contributed by atoms with van der Waals surface area (Å²) in [7, 11) is 1.57. The van der Waals surface area contributed by atoms with Crippen molar-refractivity contribution in [3.63, 3.8) is 0 Å². The van der Waals surface area contributed by atoms with Gasteiger partial charge in [-0.3, -0.25) is 4.98 Å². The number of halogens is 3. The molecule has 0 aliphatic heterocycles. The second kappa shape index (κ2) is 10.7. The van der Waals surface area contributed by atoms with E-state index < -0.39 is 17.8 Å². The SMILES string of the molecule is COCC(O)CNc1ncc(C2CCC2)c2nccnc12.Cc1ccc(C(F)(F)F)cc1. The minimum absolute atomic E-state index is 0.288. The van der Waals surface area contributed by atoms with E-state index in [-0.39, 0.29) is 6.61 Å². The Bertz CT molecular complexity index is 1010. The van der Waals surface area contributed by atoms with Crippen molar-refractivity contribution in [3.8, 4) is 0 Å². The third-order valence-electron chi connectivity index (χ3n) is 5.32. The first kappa shape index (κ1) is 23.9. The summed E-state index contributed by atoms with van der Waals surface area (Å²) in [6.07, 6.45) is 4.17. The number of fused-ring (bicyclic) bond motifs is 1. The molecule has 4 rings (SSSR count). The summed E-state index contributed by atoms with van der Waals surface area (Å²) in [4.78, 5) is 13.4. The van der Waals surface area contributed by atoms with Crippen LogP contribution in [0.2, 0.25) is 0 Å². The molecule has 1 unspecified atom stereocenters. The monoisotopic (exact) mass is 448 g/mol. The van der Waals surface area contributed by atoms with Crippen LogP contribution in [-0.4, -0.2) is 46.4 Å². The number of rotatable bonds is 6. The maximum absolute atomic E-state index is 11.9. The van der Waals surface area contributed by atoms with Gasteiger partial charge in [-0.2, -0.15) is 13.2 Å². The molecular formula is C23H27F3N4O2. The number of pyridine rings is 1. The molecule has 1 fully saturated rings. The Morgan fingerprint density at radius 1 is 1.09 bits per heavy atom. The molecule has 172 valence electrons. The molecule has 2 aromatic heterocycles. The zero-order valence-electron chi connectivity index (χ0n) is 18.1. The molecule has 2 N–H and O–H groups in total. The van der Waals surface area contributed by atoms with Crippen LogP contribution in [0.4, 0.5) is 19.0 Å². The number of alkyl halides is 3. The quantitative estimate of drug-likeness (QED) is 0.568. The van der Waals surface area contributed by atoms with Gasteiger partial charge >= 0.3 is 6.18 Å². The first-order valence-corrected chi connectivity index (χ1v) is 10.4. The van der Waals surface area contributed by atoms with Crippen LogP contribution in [0.3, 0.4) is 0 Å². The highest BCUT2D eigenvalue weighted by molar-refractivity contribution is 5.87. The molecule has 1 atom stereocenters. The van der Waals surface area contributed by atoms with E-state index in [0.717, 1.165) is 28.7 Å². The summed E-state index contributed by atoms with van der Waals surface area (Å²) in [5.74, 6) is 1.22. The number of aromatic nitrogens is 3. The highest BCUT2D eigenvalue weighted by Crippen LogP contribution is 2.39. The van der Waals surface area contributed by atoms with Crippen LogP contribution >= 0.6 is 0 Å². The molecule has 2 heterocycles. The zero-order valence-corrected chi connectivity index (χ0v) is 18.1. The Morgan fingerprint density at radius 3 is 2.31 bits per heavy atom. The van der Waals surface area contributed by atoms with E-state index in [0.29, 0.717) is 18.3 Å². The van der Waals surface area contributed by atoms with Crippen molar-refractivity contribution in [1.29, 1.82) is 0 Å². The lowest BCUT2D eigenvalue weighted by Gasteiger charge is -2.26. The van der Waals surface area contributed by atoms with Gasteiger partial charge in [0.1, 0.15) is 5.52 Å². The maximum Gasteiger partial charge on any atom is 0.416 e. The highest BCUT2D eigenvalue weighted by atomic mass is 19.4. The largest absolute Gasteiger partial charge is 0.416 e. The predicted octanol–water partition coefficient (Wildman–Crippen LogP) is 4.73. The van der Waals surface area contributed by atoms with E-state index in [9.17, 15) is 18.3 Å². The molecule has 6 nitrogen and oxygen atoms in total. The number of aliphatic hydroxyl groups is 1. The molecule has 1 saturated carbocycles. The van der Waals surface area contributed by atoms with E-state index in [1.165, 1.54) is 37.0 Å². The number of ether oxygens (including phenoxy) is 1. The van der Waals surface area contributed by atoms with Gasteiger partial charge in [-0.25, -0.2) is 9.97 Å². The summed E-state index contributed by atoms with van der Waals surface area (Å²) in [5, 5.41) is 12.9. The fraction of sp³-hybridized carbons (Fsp3) is 0.435. The van der Waals surface area contributed by atoms with Crippen molar-refractivity contribution in [3.05, 3.63) is 59.5 Å². The van der Waals surface area contributed by atoms with Gasteiger partial charge in [-0.1, -0.05) is 24.1 Å². The number of hydrogen-bond donors (Lipinski definition) is 2. The summed E-state index contributed by atoms with van der Waals surface area (Å²) in [6, 6.07) is 5.05. The standard InChI is InChI=1S/C15H20N4O2.C8H7F3/c1-21-9-11(20)7-18-15-14-13(16-5-6-17-14)12(8-19-15)10-3-2-4-10;1-6-2-4-7(5-3-6)8(9,10)11/h5-6,8,10-11,20H,2-4,7,9H2,1H3,(H,18,19);2-5H,1H3. The summed E-state index contributed by atoms with van der Waals surface area (Å²) >= 11 is 0. The Hall–Kier alpha value is -2.78. The molecule has 1 aliphatic rings. The molecule has 1 aromatic carbocycles. The number of aryl methyl sites for hydroxylation is 1. The van der Waals surface area contributed by atoms with E-state index >= 15 is 0 Å². The van der Waals surface area contributed by atoms with E-state index in [1.807, 2.05) is 6.20 Å². The molecule has 1 aliphatic carbocycles. The van der Waals surface area contributed by atoms with Crippen LogP contribution in [0, 0.1) is 6.92 Å². The second-order valence-electron chi connectivity index (χ2n) is 7.80. The smallest absolute Gasteiger partial charge is 0.389 e. The van der Waals surface area contributed by atoms with Crippen LogP contribution in [0.1, 0.15) is 41.9 Å². The first-order valence-electron chi connectivity index (χ1n) is 10.4. The van der Waals surface area contributed by atoms with Gasteiger partial charge in [0.05, 0.1) is 23.8 Å². The second-order valence-corrected chi connectivity index (χ2v) is 7.80. The normalized spacial score (nSPS) is 14.9. The summed E-state index contributed by atoms with van der Waals surface area (Å²) in [5.41, 5.74) is 3.11. The zero-order chi connectivity index (χ0) is 23.1. The fourth-order valence-electron chi connectivity index (χ4n) is 3.33. The van der Waals surface area contributed by atoms with Gasteiger partial charge in [0, 0.05) is 37.8 Å². The minimum atomic E-state index is -4.21. The van der Waals surface area contributed by atoms with Crippen LogP contribution in [-0.2, 0) is 10.9 Å². The van der Waals surface area contributed by atoms with Crippen molar-refractivity contribution in [2.24, 2.45) is 0 Å². The number of methoxy groups -OCH3 is 1. The molecule has 9 heteroatoms. The van der Waals surface area contributed by atoms with Crippen molar-refractivity contribution >= 4 is 16.9 Å². The van der Waals surface area contributed by atoms with Gasteiger partial charge in [0.2, 0.25) is 0 Å². The molecule has 0 spiro atoms. The van der Waals surface area contributed by atoms with Gasteiger partial charge in [0.15, 0.2) is 5.82 Å². The van der Waals surface area contributed by atoms with Crippen LogP contribution in [0.5, 0.6) is 0 Å². The Morgan fingerprint density at radius 2 is 1.75 bits per heavy atom. The number of nitrogens with zero attached hydrogens (tertiary/aromatic N) is 3. The van der Waals surface area contributed by atoms with Crippen molar-refractivity contribution in [2.75, 3.05) is 25.6 Å². The van der Waals surface area contributed by atoms with Gasteiger partial charge in [0.25, 0.3) is 0 Å². The van der Waals surface area contributed by atoms with Gasteiger partial charge in [-0.05, 0) is 37.8 Å². The molecule has 0 amide bonds. The number of hydrogen-bond acceptors (Lipinski definition) is 6. The molecule has 0 saturated heterocycles. The van der Waals surface area contributed by atoms with Crippen LogP contribution in [0.15, 0.2) is 42.9 Å². The molecular weight excluding hydrogens is 421 g/mol. The fourth-order valence-corrected chi connectivity index (χ4v) is 3.33. The predicted molar refractivity (Wildman–Crippen MR) is 116 cm³/mol. The molecule has 3 aromatic rings. The van der Waals surface area contributed by atoms with Gasteiger partial charge < -0.3 is 15.2 Å². The van der Waals surface area contributed by atoms with Crippen LogP contribution in [0.25, 0.3) is 11.0 Å².